The van der Waals surface area contributed by atoms with Crippen molar-refractivity contribution in [2.75, 3.05) is 13.2 Å². The first-order valence-corrected chi connectivity index (χ1v) is 2.75. The summed E-state index contributed by atoms with van der Waals surface area (Å²) in [4.78, 5) is 29.9. The molecule has 0 aromatic rings. The van der Waals surface area contributed by atoms with Crippen molar-refractivity contribution in [1.29, 1.82) is 0 Å². The molecule has 0 atom stereocenters. The van der Waals surface area contributed by atoms with Crippen molar-refractivity contribution in [1.82, 2.24) is 0 Å². The molecule has 0 bridgehead atoms. The third-order valence-electron chi connectivity index (χ3n) is 0.713. The minimum absolute atomic E-state index is 0.706. The Hall–Kier alpha value is -1.79. The summed E-state index contributed by atoms with van der Waals surface area (Å²) in [7, 11) is 0. The van der Waals surface area contributed by atoms with Crippen LogP contribution in [0.3, 0.4) is 0 Å². The van der Waals surface area contributed by atoms with Crippen LogP contribution in [-0.4, -0.2) is 41.5 Å². The molecule has 12 heavy (non-hydrogen) atoms. The number of carbonyl (C=O) groups excluding carboxylic acids is 1. The SMILES string of the molecule is O=C(COC(=O)O)COC(=O)O. The maximum absolute atomic E-state index is 10.5. The van der Waals surface area contributed by atoms with Gasteiger partial charge in [-0.15, -0.1) is 0 Å². The monoisotopic (exact) mass is 178 g/mol. The molecule has 7 nitrogen and oxygen atoms in total. The van der Waals surface area contributed by atoms with Crippen LogP contribution in [-0.2, 0) is 14.3 Å². The summed E-state index contributed by atoms with van der Waals surface area (Å²) in [6.07, 6.45) is -3.20. The molecule has 2 N–H and O–H groups in total. The molecule has 0 saturated carbocycles. The molecule has 0 amide bonds. The van der Waals surface area contributed by atoms with E-state index in [4.69, 9.17) is 10.2 Å². The van der Waals surface area contributed by atoms with E-state index in [9.17, 15) is 14.4 Å². The zero-order valence-electron chi connectivity index (χ0n) is 5.85. The predicted molar refractivity (Wildman–Crippen MR) is 33.0 cm³/mol. The highest BCUT2D eigenvalue weighted by Gasteiger charge is 2.07. The predicted octanol–water partition coefficient (Wildman–Crippen LogP) is -0.0553. The van der Waals surface area contributed by atoms with Gasteiger partial charge in [0.2, 0.25) is 5.78 Å². The Labute approximate surface area is 66.5 Å². The molecule has 0 saturated heterocycles. The Morgan fingerprint density at radius 1 is 0.917 bits per heavy atom. The molecule has 0 aromatic carbocycles. The van der Waals surface area contributed by atoms with Crippen molar-refractivity contribution in [2.45, 2.75) is 0 Å². The maximum Gasteiger partial charge on any atom is 0.506 e. The van der Waals surface area contributed by atoms with Crippen LogP contribution in [0, 0.1) is 0 Å². The van der Waals surface area contributed by atoms with Crippen LogP contribution in [0.1, 0.15) is 0 Å². The average Bonchev–Trinajstić information content (AvgIpc) is 1.96. The number of hydrogen-bond acceptors (Lipinski definition) is 5. The fourth-order valence-corrected chi connectivity index (χ4v) is 0.326. The number of carboxylic acid groups (broad SMARTS) is 2. The quantitative estimate of drug-likeness (QED) is 0.580. The van der Waals surface area contributed by atoms with Gasteiger partial charge in [0.05, 0.1) is 0 Å². The second-order valence-corrected chi connectivity index (χ2v) is 1.65. The van der Waals surface area contributed by atoms with Crippen molar-refractivity contribution in [3.63, 3.8) is 0 Å². The Morgan fingerprint density at radius 2 is 1.25 bits per heavy atom. The minimum atomic E-state index is -1.60. The van der Waals surface area contributed by atoms with E-state index in [0.717, 1.165) is 0 Å². The molecule has 0 radical (unpaired) electrons. The van der Waals surface area contributed by atoms with Crippen LogP contribution in [0.2, 0.25) is 0 Å². The van der Waals surface area contributed by atoms with Crippen LogP contribution >= 0.6 is 0 Å². The lowest BCUT2D eigenvalue weighted by Crippen LogP contribution is -2.19. The van der Waals surface area contributed by atoms with Gasteiger partial charge in [-0.25, -0.2) is 9.59 Å². The lowest BCUT2D eigenvalue weighted by molar-refractivity contribution is -0.125. The van der Waals surface area contributed by atoms with Crippen LogP contribution in [0.25, 0.3) is 0 Å². The van der Waals surface area contributed by atoms with E-state index in [-0.39, 0.29) is 0 Å². The van der Waals surface area contributed by atoms with Gasteiger partial charge in [0.25, 0.3) is 0 Å². The molecule has 7 heteroatoms. The Morgan fingerprint density at radius 3 is 1.50 bits per heavy atom. The van der Waals surface area contributed by atoms with Gasteiger partial charge in [0.15, 0.2) is 13.2 Å². The third-order valence-corrected chi connectivity index (χ3v) is 0.713. The van der Waals surface area contributed by atoms with Gasteiger partial charge in [-0.2, -0.15) is 0 Å². The second kappa shape index (κ2) is 4.94. The molecule has 0 aliphatic heterocycles. The van der Waals surface area contributed by atoms with Crippen molar-refractivity contribution in [3.05, 3.63) is 0 Å². The number of rotatable bonds is 4. The number of Topliss-reactive ketones (excluding diaryl/α,β-unsaturated/α-hetero) is 1. The van der Waals surface area contributed by atoms with E-state index in [0.29, 0.717) is 0 Å². The summed E-state index contributed by atoms with van der Waals surface area (Å²) in [6.45, 7) is -1.41. The van der Waals surface area contributed by atoms with Gasteiger partial charge < -0.3 is 19.7 Å². The number of carbonyl (C=O) groups is 3. The Kier molecular flexibility index (Phi) is 4.20. The summed E-state index contributed by atoms with van der Waals surface area (Å²) < 4.78 is 7.66. The second-order valence-electron chi connectivity index (χ2n) is 1.65. The summed E-state index contributed by atoms with van der Waals surface area (Å²) in [6, 6.07) is 0. The highest BCUT2D eigenvalue weighted by Crippen LogP contribution is 1.82. The topological polar surface area (TPSA) is 110 Å². The zero-order chi connectivity index (χ0) is 9.56. The normalized spacial score (nSPS) is 8.67. The molecule has 0 rings (SSSR count). The van der Waals surface area contributed by atoms with Crippen molar-refractivity contribution in [2.24, 2.45) is 0 Å². The zero-order valence-corrected chi connectivity index (χ0v) is 5.85. The van der Waals surface area contributed by atoms with Gasteiger partial charge in [-0.1, -0.05) is 0 Å². The van der Waals surface area contributed by atoms with Gasteiger partial charge in [-0.05, 0) is 0 Å². The molecule has 0 heterocycles. The van der Waals surface area contributed by atoms with Crippen LogP contribution in [0.15, 0.2) is 0 Å². The van der Waals surface area contributed by atoms with Gasteiger partial charge in [0, 0.05) is 0 Å². The molecule has 68 valence electrons. The smallest absolute Gasteiger partial charge is 0.450 e. The molecular formula is C5H6O7. The van der Waals surface area contributed by atoms with E-state index < -0.39 is 31.3 Å². The summed E-state index contributed by atoms with van der Waals surface area (Å²) in [5.41, 5.74) is 0. The van der Waals surface area contributed by atoms with Crippen LogP contribution < -0.4 is 0 Å². The van der Waals surface area contributed by atoms with E-state index in [2.05, 4.69) is 9.47 Å². The molecule has 0 spiro atoms. The Bertz CT molecular complexity index is 176. The number of hydrogen-bond donors (Lipinski definition) is 2. The largest absolute Gasteiger partial charge is 0.506 e. The first-order valence-electron chi connectivity index (χ1n) is 2.75. The summed E-state index contributed by atoms with van der Waals surface area (Å²) in [5, 5.41) is 15.8. The molecule has 0 aliphatic rings. The van der Waals surface area contributed by atoms with Gasteiger partial charge >= 0.3 is 12.3 Å². The molecule has 0 aromatic heterocycles. The number of ether oxygens (including phenoxy) is 2. The van der Waals surface area contributed by atoms with Crippen LogP contribution in [0.4, 0.5) is 9.59 Å². The van der Waals surface area contributed by atoms with Crippen molar-refractivity contribution < 1.29 is 34.1 Å². The first-order chi connectivity index (χ1) is 5.52. The first kappa shape index (κ1) is 10.2. The summed E-state index contributed by atoms with van der Waals surface area (Å²) in [5.74, 6) is -0.764. The highest BCUT2D eigenvalue weighted by atomic mass is 16.7. The fourth-order valence-electron chi connectivity index (χ4n) is 0.326. The summed E-state index contributed by atoms with van der Waals surface area (Å²) >= 11 is 0. The average molecular weight is 178 g/mol. The lowest BCUT2D eigenvalue weighted by atomic mass is 10.4. The maximum atomic E-state index is 10.5. The van der Waals surface area contributed by atoms with Crippen molar-refractivity contribution in [3.8, 4) is 0 Å². The third kappa shape index (κ3) is 6.33. The molecular weight excluding hydrogens is 172 g/mol. The fraction of sp³-hybridized carbons (Fsp3) is 0.400. The standard InChI is InChI=1S/C5H6O7/c6-3(1-11-4(7)8)2-12-5(9)10/h1-2H2,(H,7,8)(H,9,10). The Balaban J connectivity index is 3.47. The van der Waals surface area contributed by atoms with E-state index in [1.54, 1.807) is 0 Å². The molecule has 0 fully saturated rings. The van der Waals surface area contributed by atoms with Crippen molar-refractivity contribution >= 4 is 18.1 Å². The minimum Gasteiger partial charge on any atom is -0.450 e. The molecule has 0 unspecified atom stereocenters. The number of ketones is 1. The van der Waals surface area contributed by atoms with Gasteiger partial charge in [-0.3, -0.25) is 4.79 Å². The van der Waals surface area contributed by atoms with Gasteiger partial charge in [0.1, 0.15) is 0 Å². The van der Waals surface area contributed by atoms with E-state index in [1.165, 1.54) is 0 Å². The molecule has 0 aliphatic carbocycles. The lowest BCUT2D eigenvalue weighted by Gasteiger charge is -1.98. The van der Waals surface area contributed by atoms with E-state index in [1.807, 2.05) is 0 Å². The van der Waals surface area contributed by atoms with Crippen LogP contribution in [0.5, 0.6) is 0 Å². The van der Waals surface area contributed by atoms with E-state index >= 15 is 0 Å². The highest BCUT2D eigenvalue weighted by molar-refractivity contribution is 5.83.